The molecule has 0 saturated carbocycles. The molecule has 25 heavy (non-hydrogen) atoms. The third kappa shape index (κ3) is 4.33. The van der Waals surface area contributed by atoms with Crippen molar-refractivity contribution in [2.75, 3.05) is 24.5 Å². The van der Waals surface area contributed by atoms with Gasteiger partial charge in [-0.2, -0.15) is 0 Å². The first-order valence-electron chi connectivity index (χ1n) is 9.19. The van der Waals surface area contributed by atoms with Crippen LogP contribution in [0.4, 0.5) is 5.69 Å². The lowest BCUT2D eigenvalue weighted by Crippen LogP contribution is -2.53. The molecule has 1 aromatic carbocycles. The van der Waals surface area contributed by atoms with E-state index in [4.69, 9.17) is 4.74 Å². The van der Waals surface area contributed by atoms with E-state index >= 15 is 0 Å². The Morgan fingerprint density at radius 1 is 1.20 bits per heavy atom. The normalized spacial score (nSPS) is 15.6. The van der Waals surface area contributed by atoms with Gasteiger partial charge in [-0.25, -0.2) is 0 Å². The predicted octanol–water partition coefficient (Wildman–Crippen LogP) is 3.54. The quantitative estimate of drug-likeness (QED) is 0.759. The van der Waals surface area contributed by atoms with Crippen LogP contribution in [0.1, 0.15) is 52.5 Å². The van der Waals surface area contributed by atoms with Gasteiger partial charge >= 0.3 is 0 Å². The monoisotopic (exact) mass is 346 g/mol. The second kappa shape index (κ2) is 7.89. The van der Waals surface area contributed by atoms with Gasteiger partial charge in [-0.3, -0.25) is 9.59 Å². The van der Waals surface area contributed by atoms with Gasteiger partial charge in [0.25, 0.3) is 5.91 Å². The highest BCUT2D eigenvalue weighted by atomic mass is 16.5. The maximum Gasteiger partial charge on any atom is 0.270 e. The number of hydrogen-bond acceptors (Lipinski definition) is 3. The van der Waals surface area contributed by atoms with Crippen molar-refractivity contribution >= 4 is 17.5 Å². The van der Waals surface area contributed by atoms with Gasteiger partial charge in [-0.05, 0) is 51.3 Å². The summed E-state index contributed by atoms with van der Waals surface area (Å²) in [4.78, 5) is 29.0. The number of anilines is 1. The number of fused-ring (bicyclic) bond motifs is 1. The van der Waals surface area contributed by atoms with Crippen LogP contribution in [0.15, 0.2) is 18.2 Å². The SMILES string of the molecule is CCCN(CCC)C(=O)CCN1C(=O)C(C)(C)Oc2ccc(C)cc21. The summed E-state index contributed by atoms with van der Waals surface area (Å²) in [6.45, 7) is 11.6. The molecule has 0 unspecified atom stereocenters. The average Bonchev–Trinajstić information content (AvgIpc) is 2.55. The molecule has 0 spiro atoms. The molecule has 0 radical (unpaired) electrons. The fourth-order valence-electron chi connectivity index (χ4n) is 3.17. The van der Waals surface area contributed by atoms with Crippen molar-refractivity contribution in [2.24, 2.45) is 0 Å². The minimum atomic E-state index is -0.919. The van der Waals surface area contributed by atoms with Crippen molar-refractivity contribution in [1.29, 1.82) is 0 Å². The van der Waals surface area contributed by atoms with E-state index in [1.54, 1.807) is 18.7 Å². The molecule has 0 aliphatic carbocycles. The molecule has 5 heteroatoms. The molecule has 138 valence electrons. The van der Waals surface area contributed by atoms with Crippen LogP contribution < -0.4 is 9.64 Å². The van der Waals surface area contributed by atoms with Gasteiger partial charge in [0.05, 0.1) is 5.69 Å². The van der Waals surface area contributed by atoms with E-state index in [0.29, 0.717) is 18.7 Å². The van der Waals surface area contributed by atoms with E-state index in [1.165, 1.54) is 0 Å². The summed E-state index contributed by atoms with van der Waals surface area (Å²) in [5.74, 6) is 0.701. The van der Waals surface area contributed by atoms with Gasteiger partial charge in [-0.1, -0.05) is 19.9 Å². The van der Waals surface area contributed by atoms with E-state index in [0.717, 1.165) is 37.2 Å². The standard InChI is InChI=1S/C20H30N2O3/c1-6-11-21(12-7-2)18(23)10-13-22-16-14-15(3)8-9-17(16)25-20(4,5)19(22)24/h8-9,14H,6-7,10-13H2,1-5H3. The largest absolute Gasteiger partial charge is 0.476 e. The molecule has 1 aliphatic heterocycles. The second-order valence-electron chi connectivity index (χ2n) is 7.17. The Labute approximate surface area is 150 Å². The molecule has 2 amide bonds. The second-order valence-corrected chi connectivity index (χ2v) is 7.17. The predicted molar refractivity (Wildman–Crippen MR) is 100 cm³/mol. The van der Waals surface area contributed by atoms with Gasteiger partial charge in [0.1, 0.15) is 5.75 Å². The summed E-state index contributed by atoms with van der Waals surface area (Å²) >= 11 is 0. The number of aryl methyl sites for hydroxylation is 1. The summed E-state index contributed by atoms with van der Waals surface area (Å²) in [5, 5.41) is 0. The number of nitrogens with zero attached hydrogens (tertiary/aromatic N) is 2. The number of carbonyl (C=O) groups is 2. The molecule has 1 aromatic rings. The van der Waals surface area contributed by atoms with Crippen LogP contribution in [0.2, 0.25) is 0 Å². The topological polar surface area (TPSA) is 49.9 Å². The first-order chi connectivity index (χ1) is 11.8. The fraction of sp³-hybridized carbons (Fsp3) is 0.600. The summed E-state index contributed by atoms with van der Waals surface area (Å²) in [5.41, 5.74) is 0.900. The molecule has 2 rings (SSSR count). The molecular weight excluding hydrogens is 316 g/mol. The van der Waals surface area contributed by atoms with Crippen molar-refractivity contribution in [3.8, 4) is 5.75 Å². The summed E-state index contributed by atoms with van der Waals surface area (Å²) < 4.78 is 5.86. The lowest BCUT2D eigenvalue weighted by Gasteiger charge is -2.39. The molecule has 5 nitrogen and oxygen atoms in total. The molecule has 0 aromatic heterocycles. The summed E-state index contributed by atoms with van der Waals surface area (Å²) in [6, 6.07) is 5.81. The number of benzene rings is 1. The smallest absolute Gasteiger partial charge is 0.270 e. The highest BCUT2D eigenvalue weighted by molar-refractivity contribution is 6.02. The Morgan fingerprint density at radius 3 is 2.44 bits per heavy atom. The Morgan fingerprint density at radius 2 is 1.84 bits per heavy atom. The van der Waals surface area contributed by atoms with Gasteiger partial charge < -0.3 is 14.5 Å². The lowest BCUT2D eigenvalue weighted by molar-refractivity contribution is -0.133. The third-order valence-electron chi connectivity index (χ3n) is 4.42. The number of carbonyl (C=O) groups excluding carboxylic acids is 2. The first kappa shape index (κ1) is 19.3. The molecule has 0 N–H and O–H groups in total. The van der Waals surface area contributed by atoms with Crippen LogP contribution in [0, 0.1) is 6.92 Å². The number of hydrogen-bond donors (Lipinski definition) is 0. The van der Waals surface area contributed by atoms with E-state index in [9.17, 15) is 9.59 Å². The van der Waals surface area contributed by atoms with Crippen LogP contribution in [0.5, 0.6) is 5.75 Å². The lowest BCUT2D eigenvalue weighted by atomic mass is 10.0. The zero-order chi connectivity index (χ0) is 18.6. The van der Waals surface area contributed by atoms with Crippen LogP contribution in [0.3, 0.4) is 0 Å². The van der Waals surface area contributed by atoms with Gasteiger partial charge in [0, 0.05) is 26.1 Å². The highest BCUT2D eigenvalue weighted by Crippen LogP contribution is 2.38. The molecule has 0 fully saturated rings. The number of rotatable bonds is 7. The first-order valence-corrected chi connectivity index (χ1v) is 9.19. The fourth-order valence-corrected chi connectivity index (χ4v) is 3.17. The van der Waals surface area contributed by atoms with E-state index < -0.39 is 5.60 Å². The van der Waals surface area contributed by atoms with Gasteiger partial charge in [0.15, 0.2) is 5.60 Å². The zero-order valence-electron chi connectivity index (χ0n) is 16.1. The zero-order valence-corrected chi connectivity index (χ0v) is 16.1. The molecular formula is C20H30N2O3. The minimum Gasteiger partial charge on any atom is -0.476 e. The Kier molecular flexibility index (Phi) is 6.09. The summed E-state index contributed by atoms with van der Waals surface area (Å²) in [6.07, 6.45) is 2.21. The minimum absolute atomic E-state index is 0.101. The van der Waals surface area contributed by atoms with Gasteiger partial charge in [-0.15, -0.1) is 0 Å². The number of amides is 2. The van der Waals surface area contributed by atoms with Crippen molar-refractivity contribution in [3.05, 3.63) is 23.8 Å². The van der Waals surface area contributed by atoms with E-state index in [-0.39, 0.29) is 11.8 Å². The average molecular weight is 346 g/mol. The molecule has 0 saturated heterocycles. The highest BCUT2D eigenvalue weighted by Gasteiger charge is 2.40. The van der Waals surface area contributed by atoms with Crippen molar-refractivity contribution < 1.29 is 14.3 Å². The molecule has 0 atom stereocenters. The van der Waals surface area contributed by atoms with Crippen LogP contribution >= 0.6 is 0 Å². The van der Waals surface area contributed by atoms with Crippen LogP contribution in [0.25, 0.3) is 0 Å². The maximum atomic E-state index is 12.8. The number of ether oxygens (including phenoxy) is 1. The maximum absolute atomic E-state index is 12.8. The van der Waals surface area contributed by atoms with E-state index in [1.807, 2.05) is 30.0 Å². The van der Waals surface area contributed by atoms with Crippen LogP contribution in [-0.2, 0) is 9.59 Å². The molecule has 1 heterocycles. The molecule has 1 aliphatic rings. The Bertz CT molecular complexity index is 634. The summed E-state index contributed by atoms with van der Waals surface area (Å²) in [7, 11) is 0. The van der Waals surface area contributed by atoms with Gasteiger partial charge in [0.2, 0.25) is 5.91 Å². The Hall–Kier alpha value is -2.04. The van der Waals surface area contributed by atoms with Crippen molar-refractivity contribution in [1.82, 2.24) is 4.90 Å². The Balaban J connectivity index is 2.18. The van der Waals surface area contributed by atoms with Crippen molar-refractivity contribution in [2.45, 2.75) is 59.5 Å². The van der Waals surface area contributed by atoms with Crippen molar-refractivity contribution in [3.63, 3.8) is 0 Å². The molecule has 0 bridgehead atoms. The van der Waals surface area contributed by atoms with E-state index in [2.05, 4.69) is 13.8 Å². The third-order valence-corrected chi connectivity index (χ3v) is 4.42. The van der Waals surface area contributed by atoms with Crippen LogP contribution in [-0.4, -0.2) is 41.9 Å².